The Bertz CT molecular complexity index is 1020. The predicted molar refractivity (Wildman–Crippen MR) is 108 cm³/mol. The first-order valence-electron chi connectivity index (χ1n) is 10.5. The maximum Gasteiger partial charge on any atom is 0.250 e. The fraction of sp³-hybridized carbons (Fsp3) is 0.455. The van der Waals surface area contributed by atoms with E-state index in [2.05, 4.69) is 20.1 Å². The standard InChI is InChI=1S/C22H25N5O3/c1-29-16-9-7-14(8-10-16)20-25-21(30-26-20)19-11-17-18(24-13-23-17)12-27(19)22(28)15-5-3-2-4-6-15/h7-10,13,15,19H,2-6,11-12H2,1H3,(H,23,24)/t19-/m0/s1. The summed E-state index contributed by atoms with van der Waals surface area (Å²) in [7, 11) is 1.63. The van der Waals surface area contributed by atoms with Gasteiger partial charge in [-0.25, -0.2) is 4.98 Å². The lowest BCUT2D eigenvalue weighted by Crippen LogP contribution is -2.42. The van der Waals surface area contributed by atoms with Crippen molar-refractivity contribution < 1.29 is 14.1 Å². The molecule has 30 heavy (non-hydrogen) atoms. The van der Waals surface area contributed by atoms with Gasteiger partial charge in [-0.05, 0) is 37.1 Å². The first-order chi connectivity index (χ1) is 14.7. The molecular weight excluding hydrogens is 382 g/mol. The Hall–Kier alpha value is -3.16. The number of imidazole rings is 1. The molecule has 2 aromatic heterocycles. The van der Waals surface area contributed by atoms with E-state index in [4.69, 9.17) is 9.26 Å². The zero-order valence-corrected chi connectivity index (χ0v) is 17.0. The summed E-state index contributed by atoms with van der Waals surface area (Å²) < 4.78 is 10.9. The molecule has 1 aliphatic carbocycles. The molecule has 8 nitrogen and oxygen atoms in total. The minimum absolute atomic E-state index is 0.0784. The first kappa shape index (κ1) is 18.8. The summed E-state index contributed by atoms with van der Waals surface area (Å²) in [4.78, 5) is 27.6. The van der Waals surface area contributed by atoms with E-state index in [1.54, 1.807) is 13.4 Å². The molecule has 156 valence electrons. The van der Waals surface area contributed by atoms with Crippen molar-refractivity contribution in [3.8, 4) is 17.1 Å². The van der Waals surface area contributed by atoms with Gasteiger partial charge in [0.15, 0.2) is 0 Å². The average Bonchev–Trinajstić information content (AvgIpc) is 3.47. The number of methoxy groups -OCH3 is 1. The van der Waals surface area contributed by atoms with Crippen LogP contribution >= 0.6 is 0 Å². The second kappa shape index (κ2) is 7.93. The molecule has 8 heteroatoms. The van der Waals surface area contributed by atoms with Gasteiger partial charge in [0.05, 0.1) is 31.4 Å². The Labute approximate surface area is 174 Å². The number of hydrogen-bond acceptors (Lipinski definition) is 6. The minimum Gasteiger partial charge on any atom is -0.497 e. The lowest BCUT2D eigenvalue weighted by Gasteiger charge is -2.36. The van der Waals surface area contributed by atoms with Gasteiger partial charge in [0.2, 0.25) is 17.6 Å². The second-order valence-electron chi connectivity index (χ2n) is 8.03. The normalized spacial score (nSPS) is 19.5. The molecule has 5 rings (SSSR count). The molecule has 1 amide bonds. The number of carbonyl (C=O) groups is 1. The first-order valence-corrected chi connectivity index (χ1v) is 10.5. The number of aromatic amines is 1. The molecule has 3 aromatic rings. The minimum atomic E-state index is -0.297. The van der Waals surface area contributed by atoms with Crippen molar-refractivity contribution in [1.29, 1.82) is 0 Å². The van der Waals surface area contributed by atoms with Crippen LogP contribution < -0.4 is 4.74 Å². The van der Waals surface area contributed by atoms with Crippen molar-refractivity contribution in [2.45, 2.75) is 51.1 Å². The van der Waals surface area contributed by atoms with E-state index in [1.165, 1.54) is 6.42 Å². The summed E-state index contributed by atoms with van der Waals surface area (Å²) in [6, 6.07) is 7.22. The quantitative estimate of drug-likeness (QED) is 0.709. The van der Waals surface area contributed by atoms with E-state index in [9.17, 15) is 4.79 Å². The number of fused-ring (bicyclic) bond motifs is 1. The summed E-state index contributed by atoms with van der Waals surface area (Å²) in [5.74, 6) is 1.99. The Morgan fingerprint density at radius 3 is 2.77 bits per heavy atom. The zero-order chi connectivity index (χ0) is 20.5. The number of rotatable bonds is 4. The molecule has 2 aliphatic rings. The van der Waals surface area contributed by atoms with Crippen LogP contribution in [0.3, 0.4) is 0 Å². The molecule has 1 aliphatic heterocycles. The number of amides is 1. The molecule has 1 N–H and O–H groups in total. The summed E-state index contributed by atoms with van der Waals surface area (Å²) in [5.41, 5.74) is 2.79. The molecular formula is C22H25N5O3. The van der Waals surface area contributed by atoms with E-state index < -0.39 is 0 Å². The van der Waals surface area contributed by atoms with Crippen LogP contribution in [0.5, 0.6) is 5.75 Å². The second-order valence-corrected chi connectivity index (χ2v) is 8.03. The monoisotopic (exact) mass is 407 g/mol. The highest BCUT2D eigenvalue weighted by molar-refractivity contribution is 5.79. The number of nitrogens with zero attached hydrogens (tertiary/aromatic N) is 4. The van der Waals surface area contributed by atoms with Gasteiger partial charge in [-0.1, -0.05) is 24.4 Å². The van der Waals surface area contributed by atoms with Gasteiger partial charge < -0.3 is 19.1 Å². The third-order valence-electron chi connectivity index (χ3n) is 6.21. The maximum absolute atomic E-state index is 13.4. The zero-order valence-electron chi connectivity index (χ0n) is 17.0. The highest BCUT2D eigenvalue weighted by atomic mass is 16.5. The van der Waals surface area contributed by atoms with Gasteiger partial charge >= 0.3 is 0 Å². The molecule has 1 saturated carbocycles. The topological polar surface area (TPSA) is 97.1 Å². The van der Waals surface area contributed by atoms with E-state index in [-0.39, 0.29) is 17.9 Å². The van der Waals surface area contributed by atoms with Crippen molar-refractivity contribution in [2.24, 2.45) is 5.92 Å². The number of ether oxygens (including phenoxy) is 1. The third-order valence-corrected chi connectivity index (χ3v) is 6.21. The SMILES string of the molecule is COc1ccc(-c2noc([C@@H]3Cc4nc[nH]c4CN3C(=O)C3CCCCC3)n2)cc1. The number of H-pyrrole nitrogens is 1. The van der Waals surface area contributed by atoms with Crippen LogP contribution in [-0.2, 0) is 17.8 Å². The Balaban J connectivity index is 1.44. The van der Waals surface area contributed by atoms with Gasteiger partial charge in [0, 0.05) is 17.9 Å². The Morgan fingerprint density at radius 1 is 1.20 bits per heavy atom. The molecule has 0 saturated heterocycles. The Kier molecular flexibility index (Phi) is 4.98. The molecule has 0 spiro atoms. The van der Waals surface area contributed by atoms with Crippen LogP contribution in [0.4, 0.5) is 0 Å². The van der Waals surface area contributed by atoms with E-state index >= 15 is 0 Å². The van der Waals surface area contributed by atoms with Crippen molar-refractivity contribution in [3.63, 3.8) is 0 Å². The predicted octanol–water partition coefficient (Wildman–Crippen LogP) is 3.67. The van der Waals surface area contributed by atoms with Gasteiger partial charge in [0.1, 0.15) is 11.8 Å². The van der Waals surface area contributed by atoms with Crippen LogP contribution in [0.25, 0.3) is 11.4 Å². The van der Waals surface area contributed by atoms with Gasteiger partial charge in [-0.2, -0.15) is 4.98 Å². The van der Waals surface area contributed by atoms with Crippen molar-refractivity contribution in [2.75, 3.05) is 7.11 Å². The van der Waals surface area contributed by atoms with E-state index in [1.807, 2.05) is 29.2 Å². The number of benzene rings is 1. The van der Waals surface area contributed by atoms with Crippen LogP contribution in [0, 0.1) is 5.92 Å². The maximum atomic E-state index is 13.4. The van der Waals surface area contributed by atoms with Crippen molar-refractivity contribution in [3.05, 3.63) is 47.9 Å². The molecule has 0 unspecified atom stereocenters. The van der Waals surface area contributed by atoms with Gasteiger partial charge in [-0.3, -0.25) is 4.79 Å². The molecule has 0 bridgehead atoms. The summed E-state index contributed by atoms with van der Waals surface area (Å²) >= 11 is 0. The fourth-order valence-electron chi connectivity index (χ4n) is 4.50. The number of nitrogens with one attached hydrogen (secondary N) is 1. The molecule has 1 atom stereocenters. The number of aromatic nitrogens is 4. The van der Waals surface area contributed by atoms with Gasteiger partial charge in [0.25, 0.3) is 0 Å². The largest absolute Gasteiger partial charge is 0.497 e. The van der Waals surface area contributed by atoms with E-state index in [0.29, 0.717) is 24.7 Å². The highest BCUT2D eigenvalue weighted by Gasteiger charge is 2.38. The average molecular weight is 407 g/mol. The van der Waals surface area contributed by atoms with Gasteiger partial charge in [-0.15, -0.1) is 0 Å². The van der Waals surface area contributed by atoms with Crippen LogP contribution in [-0.4, -0.2) is 38.0 Å². The number of hydrogen-bond donors (Lipinski definition) is 1. The summed E-state index contributed by atoms with van der Waals surface area (Å²) in [6.45, 7) is 0.496. The lowest BCUT2D eigenvalue weighted by molar-refractivity contribution is -0.141. The summed E-state index contributed by atoms with van der Waals surface area (Å²) in [6.07, 6.45) is 7.62. The highest BCUT2D eigenvalue weighted by Crippen LogP contribution is 2.35. The third kappa shape index (κ3) is 3.46. The van der Waals surface area contributed by atoms with Crippen LogP contribution in [0.1, 0.15) is 55.4 Å². The fourth-order valence-corrected chi connectivity index (χ4v) is 4.50. The molecule has 0 radical (unpaired) electrons. The number of carbonyl (C=O) groups excluding carboxylic acids is 1. The molecule has 3 heterocycles. The van der Waals surface area contributed by atoms with Crippen LogP contribution in [0.2, 0.25) is 0 Å². The van der Waals surface area contributed by atoms with E-state index in [0.717, 1.165) is 48.4 Å². The summed E-state index contributed by atoms with van der Waals surface area (Å²) in [5, 5.41) is 4.17. The molecule has 1 fully saturated rings. The van der Waals surface area contributed by atoms with Crippen molar-refractivity contribution >= 4 is 5.91 Å². The van der Waals surface area contributed by atoms with Crippen molar-refractivity contribution in [1.82, 2.24) is 25.0 Å². The molecule has 1 aromatic carbocycles. The Morgan fingerprint density at radius 2 is 2.00 bits per heavy atom. The van der Waals surface area contributed by atoms with Crippen LogP contribution in [0.15, 0.2) is 35.1 Å². The lowest BCUT2D eigenvalue weighted by atomic mass is 9.87. The smallest absolute Gasteiger partial charge is 0.250 e.